The van der Waals surface area contributed by atoms with Crippen LogP contribution in [0.4, 0.5) is 0 Å². The number of carbonyl (C=O) groups excluding carboxylic acids is 3. The molecule has 1 saturated heterocycles. The van der Waals surface area contributed by atoms with Gasteiger partial charge in [-0.1, -0.05) is 72.8 Å². The minimum atomic E-state index is -0.851. The highest BCUT2D eigenvalue weighted by atomic mass is 16.2. The van der Waals surface area contributed by atoms with E-state index in [1.807, 2.05) is 72.8 Å². The van der Waals surface area contributed by atoms with Crippen molar-refractivity contribution in [3.8, 4) is 0 Å². The van der Waals surface area contributed by atoms with Crippen LogP contribution >= 0.6 is 0 Å². The van der Waals surface area contributed by atoms with Crippen molar-refractivity contribution in [2.45, 2.75) is 31.8 Å². The average Bonchev–Trinajstić information content (AvgIpc) is 3.03. The zero-order chi connectivity index (χ0) is 20.4. The maximum absolute atomic E-state index is 13.1. The molecule has 1 aliphatic carbocycles. The fraction of sp³-hybridized carbons (Fsp3) is 0.292. The van der Waals surface area contributed by atoms with Crippen molar-refractivity contribution in [2.75, 3.05) is 0 Å². The van der Waals surface area contributed by atoms with Gasteiger partial charge < -0.3 is 5.32 Å². The van der Waals surface area contributed by atoms with E-state index in [1.54, 1.807) is 6.92 Å². The van der Waals surface area contributed by atoms with Crippen molar-refractivity contribution in [1.82, 2.24) is 10.2 Å². The SMILES string of the molecule is C[C@H](C(=O)NC(c1ccccc1)c1ccccc1)N1C(=O)[C@@H]2CC=CC[C@H]2C1=O. The minimum absolute atomic E-state index is 0.233. The van der Waals surface area contributed by atoms with Gasteiger partial charge in [-0.25, -0.2) is 0 Å². The molecule has 29 heavy (non-hydrogen) atoms. The Hall–Kier alpha value is -3.21. The molecule has 148 valence electrons. The molecule has 0 bridgehead atoms. The molecule has 1 heterocycles. The maximum atomic E-state index is 13.1. The molecule has 1 fully saturated rings. The zero-order valence-corrected chi connectivity index (χ0v) is 16.3. The van der Waals surface area contributed by atoms with Gasteiger partial charge >= 0.3 is 0 Å². The first-order chi connectivity index (χ1) is 14.1. The summed E-state index contributed by atoms with van der Waals surface area (Å²) >= 11 is 0. The van der Waals surface area contributed by atoms with Crippen LogP contribution in [-0.4, -0.2) is 28.7 Å². The lowest BCUT2D eigenvalue weighted by Gasteiger charge is -2.26. The van der Waals surface area contributed by atoms with Crippen molar-refractivity contribution < 1.29 is 14.4 Å². The fourth-order valence-corrected chi connectivity index (χ4v) is 4.24. The molecule has 3 atom stereocenters. The zero-order valence-electron chi connectivity index (χ0n) is 16.3. The van der Waals surface area contributed by atoms with E-state index in [-0.39, 0.29) is 35.6 Å². The summed E-state index contributed by atoms with van der Waals surface area (Å²) in [6, 6.07) is 18.1. The van der Waals surface area contributed by atoms with Crippen LogP contribution in [0.25, 0.3) is 0 Å². The first kappa shape index (κ1) is 19.1. The molecule has 0 radical (unpaired) electrons. The topological polar surface area (TPSA) is 66.5 Å². The van der Waals surface area contributed by atoms with Gasteiger partial charge in [0, 0.05) is 0 Å². The van der Waals surface area contributed by atoms with Crippen LogP contribution < -0.4 is 5.32 Å². The highest BCUT2D eigenvalue weighted by Gasteiger charge is 2.50. The Balaban J connectivity index is 1.56. The molecule has 2 aromatic carbocycles. The van der Waals surface area contributed by atoms with E-state index in [9.17, 15) is 14.4 Å². The number of nitrogens with one attached hydrogen (secondary N) is 1. The number of likely N-dealkylation sites (tertiary alicyclic amines) is 1. The van der Waals surface area contributed by atoms with Gasteiger partial charge in [0.1, 0.15) is 6.04 Å². The van der Waals surface area contributed by atoms with Crippen molar-refractivity contribution >= 4 is 17.7 Å². The van der Waals surface area contributed by atoms with Gasteiger partial charge in [-0.2, -0.15) is 0 Å². The number of amides is 3. The molecule has 2 aromatic rings. The number of hydrogen-bond donors (Lipinski definition) is 1. The van der Waals surface area contributed by atoms with Crippen LogP contribution in [0.1, 0.15) is 36.9 Å². The number of fused-ring (bicyclic) bond motifs is 1. The number of benzene rings is 2. The van der Waals surface area contributed by atoms with E-state index in [4.69, 9.17) is 0 Å². The summed E-state index contributed by atoms with van der Waals surface area (Å²) in [7, 11) is 0. The highest BCUT2D eigenvalue weighted by molar-refractivity contribution is 6.08. The van der Waals surface area contributed by atoms with Gasteiger partial charge in [-0.05, 0) is 30.9 Å². The lowest BCUT2D eigenvalue weighted by atomic mass is 9.85. The molecule has 1 N–H and O–H groups in total. The standard InChI is InChI=1S/C24H24N2O3/c1-16(26-23(28)19-14-8-9-15-20(19)24(26)29)22(27)25-21(17-10-4-2-5-11-17)18-12-6-3-7-13-18/h2-13,16,19-21H,14-15H2,1H3,(H,25,27)/t16-,19-,20-/m1/s1. The number of nitrogens with zero attached hydrogens (tertiary/aromatic N) is 1. The third-order valence-electron chi connectivity index (χ3n) is 5.86. The number of allylic oxidation sites excluding steroid dienone is 2. The summed E-state index contributed by atoms with van der Waals surface area (Å²) in [4.78, 5) is 39.9. The fourth-order valence-electron chi connectivity index (χ4n) is 4.24. The van der Waals surface area contributed by atoms with Crippen LogP contribution in [0, 0.1) is 11.8 Å². The lowest BCUT2D eigenvalue weighted by molar-refractivity contribution is -0.147. The largest absolute Gasteiger partial charge is 0.343 e. The van der Waals surface area contributed by atoms with E-state index in [2.05, 4.69) is 5.32 Å². The monoisotopic (exact) mass is 388 g/mol. The van der Waals surface area contributed by atoms with Gasteiger partial charge in [0.25, 0.3) is 0 Å². The molecule has 1 aliphatic heterocycles. The molecule has 5 nitrogen and oxygen atoms in total. The molecule has 4 rings (SSSR count). The molecule has 0 saturated carbocycles. The van der Waals surface area contributed by atoms with Gasteiger partial charge in [-0.3, -0.25) is 19.3 Å². The second-order valence-electron chi connectivity index (χ2n) is 7.64. The third kappa shape index (κ3) is 3.60. The lowest BCUT2D eigenvalue weighted by Crippen LogP contribution is -2.49. The number of rotatable bonds is 5. The summed E-state index contributed by atoms with van der Waals surface area (Å²) in [6.45, 7) is 1.63. The van der Waals surface area contributed by atoms with E-state index in [1.165, 1.54) is 4.90 Å². The summed E-state index contributed by atoms with van der Waals surface area (Å²) in [5.74, 6) is -1.47. The summed E-state index contributed by atoms with van der Waals surface area (Å²) in [5.41, 5.74) is 1.88. The molecular weight excluding hydrogens is 364 g/mol. The summed E-state index contributed by atoms with van der Waals surface area (Å²) in [5, 5.41) is 3.05. The molecule has 3 amide bonds. The molecule has 0 unspecified atom stereocenters. The number of imide groups is 1. The second-order valence-corrected chi connectivity index (χ2v) is 7.64. The average molecular weight is 388 g/mol. The second kappa shape index (κ2) is 8.03. The Kier molecular flexibility index (Phi) is 5.30. The first-order valence-corrected chi connectivity index (χ1v) is 10.00. The highest BCUT2D eigenvalue weighted by Crippen LogP contribution is 2.36. The van der Waals surface area contributed by atoms with E-state index in [0.29, 0.717) is 12.8 Å². The Labute approximate surface area is 170 Å². The van der Waals surface area contributed by atoms with Gasteiger partial charge in [0.2, 0.25) is 17.7 Å². The number of carbonyl (C=O) groups is 3. The van der Waals surface area contributed by atoms with Crippen molar-refractivity contribution in [1.29, 1.82) is 0 Å². The van der Waals surface area contributed by atoms with Crippen molar-refractivity contribution in [3.63, 3.8) is 0 Å². The van der Waals surface area contributed by atoms with Crippen molar-refractivity contribution in [2.24, 2.45) is 11.8 Å². The molecule has 5 heteroatoms. The molecular formula is C24H24N2O3. The van der Waals surface area contributed by atoms with Crippen LogP contribution in [-0.2, 0) is 14.4 Å². The molecule has 0 spiro atoms. The third-order valence-corrected chi connectivity index (χ3v) is 5.86. The Morgan fingerprint density at radius 3 is 1.76 bits per heavy atom. The summed E-state index contributed by atoms with van der Waals surface area (Å²) in [6.07, 6.45) is 5.02. The predicted molar refractivity (Wildman–Crippen MR) is 110 cm³/mol. The van der Waals surface area contributed by atoms with E-state index < -0.39 is 6.04 Å². The number of hydrogen-bond acceptors (Lipinski definition) is 3. The van der Waals surface area contributed by atoms with E-state index in [0.717, 1.165) is 11.1 Å². The maximum Gasteiger partial charge on any atom is 0.243 e. The van der Waals surface area contributed by atoms with Crippen LogP contribution in [0.2, 0.25) is 0 Å². The van der Waals surface area contributed by atoms with Gasteiger partial charge in [0.05, 0.1) is 17.9 Å². The Morgan fingerprint density at radius 1 is 0.862 bits per heavy atom. The first-order valence-electron chi connectivity index (χ1n) is 10.00. The minimum Gasteiger partial charge on any atom is -0.343 e. The van der Waals surface area contributed by atoms with Gasteiger partial charge in [0.15, 0.2) is 0 Å². The summed E-state index contributed by atoms with van der Waals surface area (Å²) < 4.78 is 0. The van der Waals surface area contributed by atoms with Crippen molar-refractivity contribution in [3.05, 3.63) is 83.9 Å². The smallest absolute Gasteiger partial charge is 0.243 e. The van der Waals surface area contributed by atoms with Crippen LogP contribution in [0.3, 0.4) is 0 Å². The normalized spacial score (nSPS) is 21.9. The quantitative estimate of drug-likeness (QED) is 0.632. The van der Waals surface area contributed by atoms with Gasteiger partial charge in [-0.15, -0.1) is 0 Å². The predicted octanol–water partition coefficient (Wildman–Crippen LogP) is 3.23. The van der Waals surface area contributed by atoms with E-state index >= 15 is 0 Å². The molecule has 2 aliphatic rings. The Bertz CT molecular complexity index is 874. The van der Waals surface area contributed by atoms with Crippen LogP contribution in [0.15, 0.2) is 72.8 Å². The van der Waals surface area contributed by atoms with Crippen LogP contribution in [0.5, 0.6) is 0 Å². The Morgan fingerprint density at radius 2 is 1.31 bits per heavy atom. The molecule has 0 aromatic heterocycles.